The molecule has 0 heterocycles. The third-order valence-electron chi connectivity index (χ3n) is 3.33. The van der Waals surface area contributed by atoms with Crippen molar-refractivity contribution in [3.05, 3.63) is 28.8 Å². The molecule has 0 fully saturated rings. The molecule has 0 aliphatic rings. The number of benzene rings is 1. The predicted molar refractivity (Wildman–Crippen MR) is 88.9 cm³/mol. The Balaban J connectivity index is 3.77. The van der Waals surface area contributed by atoms with Crippen LogP contribution in [-0.4, -0.2) is 18.9 Å². The van der Waals surface area contributed by atoms with Gasteiger partial charge in [0.1, 0.15) is 0 Å². The summed E-state index contributed by atoms with van der Waals surface area (Å²) in [6, 6.07) is 3.39. The van der Waals surface area contributed by atoms with Crippen molar-refractivity contribution in [1.82, 2.24) is 0 Å². The quantitative estimate of drug-likeness (QED) is 0.817. The lowest BCUT2D eigenvalue weighted by molar-refractivity contribution is -0.117. The first kappa shape index (κ1) is 19.4. The number of nitrogens with two attached hydrogens (primary N) is 1. The van der Waals surface area contributed by atoms with Gasteiger partial charge in [0.15, 0.2) is 5.75 Å². The Morgan fingerprint density at radius 1 is 1.09 bits per heavy atom. The van der Waals surface area contributed by atoms with E-state index in [1.165, 1.54) is 0 Å². The number of carbonyl (C=O) groups excluding carboxylic acids is 1. The first-order valence-electron chi connectivity index (χ1n) is 7.24. The molecule has 0 aliphatic heterocycles. The van der Waals surface area contributed by atoms with Gasteiger partial charge in [0.2, 0.25) is 5.91 Å². The van der Waals surface area contributed by atoms with Crippen molar-refractivity contribution in [2.75, 3.05) is 0 Å². The number of hydrogen-bond donors (Lipinski definition) is 2. The molecule has 0 unspecified atom stereocenters. The van der Waals surface area contributed by atoms with Gasteiger partial charge in [-0.15, -0.1) is 0 Å². The molecular weight excluding hydrogens is 318 g/mol. The van der Waals surface area contributed by atoms with Gasteiger partial charge in [-0.3, -0.25) is 9.35 Å². The molecule has 1 rings (SSSR count). The molecule has 0 aliphatic carbocycles. The lowest BCUT2D eigenvalue weighted by atomic mass is 9.78. The second-order valence-electron chi connectivity index (χ2n) is 7.67. The molecule has 23 heavy (non-hydrogen) atoms. The summed E-state index contributed by atoms with van der Waals surface area (Å²) in [5, 5.41) is 0. The Labute approximate surface area is 138 Å². The van der Waals surface area contributed by atoms with Crippen molar-refractivity contribution in [3.8, 4) is 5.75 Å². The number of carbonyl (C=O) groups is 1. The zero-order valence-corrected chi connectivity index (χ0v) is 15.2. The van der Waals surface area contributed by atoms with E-state index < -0.39 is 27.1 Å². The molecule has 0 saturated heterocycles. The van der Waals surface area contributed by atoms with Gasteiger partial charge in [-0.25, -0.2) is 0 Å². The summed E-state index contributed by atoms with van der Waals surface area (Å²) < 4.78 is 36.6. The summed E-state index contributed by atoms with van der Waals surface area (Å²) >= 11 is 0. The Hall–Kier alpha value is -1.60. The first-order valence-corrected chi connectivity index (χ1v) is 8.61. The van der Waals surface area contributed by atoms with Crippen LogP contribution in [0.15, 0.2) is 12.1 Å². The van der Waals surface area contributed by atoms with Gasteiger partial charge < -0.3 is 9.92 Å². The predicted octanol–water partition coefficient (Wildman–Crippen LogP) is 2.49. The second-order valence-corrected chi connectivity index (χ2v) is 8.70. The second kappa shape index (κ2) is 6.13. The van der Waals surface area contributed by atoms with E-state index in [2.05, 4.69) is 0 Å². The molecular formula is C16H25NO5S. The molecule has 0 spiro atoms. The summed E-state index contributed by atoms with van der Waals surface area (Å²) in [4.78, 5) is 11.3. The molecule has 1 aromatic carbocycles. The van der Waals surface area contributed by atoms with Crippen LogP contribution < -0.4 is 9.92 Å². The minimum absolute atomic E-state index is 0.0400. The van der Waals surface area contributed by atoms with Crippen LogP contribution in [0.25, 0.3) is 0 Å². The van der Waals surface area contributed by atoms with E-state index in [9.17, 15) is 13.2 Å². The summed E-state index contributed by atoms with van der Waals surface area (Å²) in [5.41, 5.74) is 6.19. The largest absolute Gasteiger partial charge is 0.446 e. The summed E-state index contributed by atoms with van der Waals surface area (Å²) in [5.74, 6) is -0.381. The molecule has 1 amide bonds. The van der Waals surface area contributed by atoms with E-state index in [1.807, 2.05) is 41.5 Å². The molecule has 7 heteroatoms. The average molecular weight is 343 g/mol. The lowest BCUT2D eigenvalue weighted by Crippen LogP contribution is -2.23. The zero-order valence-electron chi connectivity index (χ0n) is 14.4. The Bertz CT molecular complexity index is 674. The van der Waals surface area contributed by atoms with E-state index in [4.69, 9.17) is 14.5 Å². The van der Waals surface area contributed by atoms with Crippen LogP contribution in [0.1, 0.15) is 58.2 Å². The molecule has 0 bridgehead atoms. The minimum atomic E-state index is -4.67. The molecule has 6 nitrogen and oxygen atoms in total. The van der Waals surface area contributed by atoms with E-state index in [1.54, 1.807) is 12.1 Å². The van der Waals surface area contributed by atoms with Gasteiger partial charge in [0.25, 0.3) is 0 Å². The maximum atomic E-state index is 11.3. The molecule has 0 saturated carbocycles. The Kier molecular flexibility index (Phi) is 5.18. The van der Waals surface area contributed by atoms with Crippen LogP contribution in [0, 0.1) is 0 Å². The Morgan fingerprint density at radius 3 is 1.74 bits per heavy atom. The fraction of sp³-hybridized carbons (Fsp3) is 0.562. The highest BCUT2D eigenvalue weighted by Gasteiger charge is 2.30. The average Bonchev–Trinajstić information content (AvgIpc) is 2.24. The normalized spacial score (nSPS) is 13.0. The number of amides is 1. The highest BCUT2D eigenvalue weighted by Crippen LogP contribution is 2.41. The highest BCUT2D eigenvalue weighted by atomic mass is 32.3. The topological polar surface area (TPSA) is 107 Å². The van der Waals surface area contributed by atoms with Crippen LogP contribution in [0.3, 0.4) is 0 Å². The lowest BCUT2D eigenvalue weighted by Gasteiger charge is -2.29. The molecule has 3 N–H and O–H groups in total. The summed E-state index contributed by atoms with van der Waals surface area (Å²) in [7, 11) is -4.67. The van der Waals surface area contributed by atoms with Gasteiger partial charge in [-0.1, -0.05) is 53.7 Å². The molecule has 0 radical (unpaired) electrons. The standard InChI is InChI=1S/C16H25NO5S/c1-15(2,3)11-7-10(9-13(17)18)8-12(16(4,5)6)14(11)22-23(19,20)21/h7-8H,9H2,1-6H3,(H2,17,18)(H,19,20,21). The number of hydrogen-bond acceptors (Lipinski definition) is 4. The summed E-state index contributed by atoms with van der Waals surface area (Å²) in [6.45, 7) is 11.3. The van der Waals surface area contributed by atoms with Crippen molar-refractivity contribution >= 4 is 16.3 Å². The van der Waals surface area contributed by atoms with Crippen molar-refractivity contribution in [3.63, 3.8) is 0 Å². The van der Waals surface area contributed by atoms with Crippen LogP contribution in [0.5, 0.6) is 5.75 Å². The van der Waals surface area contributed by atoms with Crippen LogP contribution in [0.2, 0.25) is 0 Å². The van der Waals surface area contributed by atoms with Crippen LogP contribution in [0.4, 0.5) is 0 Å². The van der Waals surface area contributed by atoms with Crippen LogP contribution in [-0.2, 0) is 32.4 Å². The van der Waals surface area contributed by atoms with E-state index >= 15 is 0 Å². The first-order chi connectivity index (χ1) is 10.1. The maximum absolute atomic E-state index is 11.3. The van der Waals surface area contributed by atoms with Gasteiger partial charge in [-0.05, 0) is 16.4 Å². The number of rotatable bonds is 4. The van der Waals surface area contributed by atoms with Gasteiger partial charge in [0, 0.05) is 11.1 Å². The van der Waals surface area contributed by atoms with Crippen molar-refractivity contribution in [2.45, 2.75) is 58.8 Å². The fourth-order valence-corrected chi connectivity index (χ4v) is 2.69. The number of primary amides is 1. The monoisotopic (exact) mass is 343 g/mol. The minimum Gasteiger partial charge on any atom is -0.369 e. The van der Waals surface area contributed by atoms with Crippen molar-refractivity contribution in [2.24, 2.45) is 5.73 Å². The molecule has 0 aromatic heterocycles. The summed E-state index contributed by atoms with van der Waals surface area (Å²) in [6.07, 6.45) is 0.0400. The molecule has 0 atom stereocenters. The smallest absolute Gasteiger partial charge is 0.369 e. The van der Waals surface area contributed by atoms with Gasteiger partial charge in [-0.2, -0.15) is 8.42 Å². The zero-order chi connectivity index (χ0) is 18.2. The Morgan fingerprint density at radius 2 is 1.48 bits per heavy atom. The SMILES string of the molecule is CC(C)(C)c1cc(CC(N)=O)cc(C(C)(C)C)c1OS(=O)(=O)O. The third kappa shape index (κ3) is 5.51. The van der Waals surface area contributed by atoms with E-state index in [-0.39, 0.29) is 12.2 Å². The fourth-order valence-electron chi connectivity index (χ4n) is 2.30. The van der Waals surface area contributed by atoms with Crippen molar-refractivity contribution in [1.29, 1.82) is 0 Å². The van der Waals surface area contributed by atoms with Crippen LogP contribution >= 0.6 is 0 Å². The highest BCUT2D eigenvalue weighted by molar-refractivity contribution is 7.81. The third-order valence-corrected chi connectivity index (χ3v) is 3.71. The van der Waals surface area contributed by atoms with Crippen molar-refractivity contribution < 1.29 is 21.9 Å². The van der Waals surface area contributed by atoms with Gasteiger partial charge in [0.05, 0.1) is 6.42 Å². The molecule has 1 aromatic rings. The van der Waals surface area contributed by atoms with Gasteiger partial charge >= 0.3 is 10.4 Å². The maximum Gasteiger partial charge on any atom is 0.446 e. The van der Waals surface area contributed by atoms with E-state index in [0.717, 1.165) is 0 Å². The van der Waals surface area contributed by atoms with E-state index in [0.29, 0.717) is 16.7 Å². The molecule has 130 valence electrons.